The summed E-state index contributed by atoms with van der Waals surface area (Å²) in [6.07, 6.45) is 8.10. The number of aliphatic hydroxyl groups is 1. The molecule has 2 aromatic rings. The van der Waals surface area contributed by atoms with E-state index in [1.165, 1.54) is 0 Å². The zero-order chi connectivity index (χ0) is 16.4. The number of benzene rings is 1. The van der Waals surface area contributed by atoms with Gasteiger partial charge in [0.1, 0.15) is 0 Å². The summed E-state index contributed by atoms with van der Waals surface area (Å²) >= 11 is 0. The van der Waals surface area contributed by atoms with E-state index in [2.05, 4.69) is 26.7 Å². The second-order valence-electron chi connectivity index (χ2n) is 6.82. The largest absolute Gasteiger partial charge is 0.396 e. The molecule has 1 aromatic carbocycles. The van der Waals surface area contributed by atoms with Gasteiger partial charge in [0.2, 0.25) is 5.95 Å². The molecule has 0 radical (unpaired) electrons. The lowest BCUT2D eigenvalue weighted by atomic mass is 9.82. The van der Waals surface area contributed by atoms with Crippen LogP contribution in [0.1, 0.15) is 36.8 Å². The van der Waals surface area contributed by atoms with Crippen LogP contribution in [0.5, 0.6) is 0 Å². The molecule has 4 nitrogen and oxygen atoms in total. The fourth-order valence-corrected chi connectivity index (χ4v) is 3.56. The van der Waals surface area contributed by atoms with Crippen molar-refractivity contribution in [2.24, 2.45) is 5.92 Å². The molecule has 1 aliphatic heterocycles. The molecule has 24 heavy (non-hydrogen) atoms. The fraction of sp³-hybridized carbons (Fsp3) is 0.400. The van der Waals surface area contributed by atoms with Crippen molar-refractivity contribution in [1.29, 1.82) is 0 Å². The standard InChI is InChI=1S/C20H21N3O/c24-14-17-8-10-20(11-9-17)15-23(20)19-21-12-18(13-22-19)7-6-16-4-2-1-3-5-16/h1-5,12-13,17,24H,8-11,14-15H2. The summed E-state index contributed by atoms with van der Waals surface area (Å²) in [5.41, 5.74) is 2.08. The van der Waals surface area contributed by atoms with Crippen molar-refractivity contribution in [2.45, 2.75) is 31.2 Å². The van der Waals surface area contributed by atoms with Crippen molar-refractivity contribution >= 4 is 5.95 Å². The minimum atomic E-state index is 0.253. The monoisotopic (exact) mass is 319 g/mol. The Morgan fingerprint density at radius 1 is 1.04 bits per heavy atom. The molecular weight excluding hydrogens is 298 g/mol. The Balaban J connectivity index is 1.42. The predicted octanol–water partition coefficient (Wildman–Crippen LogP) is 2.62. The number of aliphatic hydroxyl groups excluding tert-OH is 1. The number of aromatic nitrogens is 2. The first kappa shape index (κ1) is 15.2. The summed E-state index contributed by atoms with van der Waals surface area (Å²) in [7, 11) is 0. The van der Waals surface area contributed by atoms with Gasteiger partial charge in [0.05, 0.1) is 11.1 Å². The second-order valence-corrected chi connectivity index (χ2v) is 6.82. The lowest BCUT2D eigenvalue weighted by molar-refractivity contribution is 0.179. The van der Waals surface area contributed by atoms with Crippen molar-refractivity contribution in [3.63, 3.8) is 0 Å². The minimum absolute atomic E-state index is 0.253. The SMILES string of the molecule is OCC1CCC2(CC1)CN2c1ncc(C#Cc2ccccc2)cn1. The van der Waals surface area contributed by atoms with Crippen LogP contribution in [0.4, 0.5) is 5.95 Å². The van der Waals surface area contributed by atoms with Gasteiger partial charge in [-0.2, -0.15) is 0 Å². The Kier molecular flexibility index (Phi) is 3.95. The normalized spacial score (nSPS) is 25.2. The molecule has 1 N–H and O–H groups in total. The van der Waals surface area contributed by atoms with E-state index in [-0.39, 0.29) is 5.54 Å². The Bertz CT molecular complexity index is 753. The van der Waals surface area contributed by atoms with E-state index < -0.39 is 0 Å². The van der Waals surface area contributed by atoms with Crippen LogP contribution >= 0.6 is 0 Å². The molecule has 1 saturated carbocycles. The average Bonchev–Trinajstić information content (AvgIpc) is 3.35. The van der Waals surface area contributed by atoms with E-state index in [0.29, 0.717) is 12.5 Å². The van der Waals surface area contributed by atoms with Gasteiger partial charge >= 0.3 is 0 Å². The number of nitrogens with zero attached hydrogens (tertiary/aromatic N) is 3. The van der Waals surface area contributed by atoms with Gasteiger partial charge in [-0.25, -0.2) is 9.97 Å². The highest BCUT2D eigenvalue weighted by Gasteiger charge is 2.54. The van der Waals surface area contributed by atoms with E-state index in [4.69, 9.17) is 0 Å². The van der Waals surface area contributed by atoms with Crippen molar-refractivity contribution in [3.05, 3.63) is 53.9 Å². The summed E-state index contributed by atoms with van der Waals surface area (Å²) < 4.78 is 0. The third-order valence-electron chi connectivity index (χ3n) is 5.22. The molecule has 1 aromatic heterocycles. The molecule has 122 valence electrons. The van der Waals surface area contributed by atoms with Crippen molar-refractivity contribution in [2.75, 3.05) is 18.1 Å². The molecule has 0 unspecified atom stereocenters. The highest BCUT2D eigenvalue weighted by molar-refractivity contribution is 5.49. The van der Waals surface area contributed by atoms with Gasteiger partial charge in [0, 0.05) is 31.1 Å². The third kappa shape index (κ3) is 3.00. The van der Waals surface area contributed by atoms with Gasteiger partial charge < -0.3 is 10.0 Å². The first-order chi connectivity index (χ1) is 11.8. The maximum absolute atomic E-state index is 9.28. The Morgan fingerprint density at radius 3 is 2.38 bits per heavy atom. The maximum Gasteiger partial charge on any atom is 0.225 e. The number of hydrogen-bond acceptors (Lipinski definition) is 4. The fourth-order valence-electron chi connectivity index (χ4n) is 3.56. The average molecular weight is 319 g/mol. The smallest absolute Gasteiger partial charge is 0.225 e. The third-order valence-corrected chi connectivity index (χ3v) is 5.22. The zero-order valence-electron chi connectivity index (χ0n) is 13.7. The quantitative estimate of drug-likeness (QED) is 0.683. The Labute approximate surface area is 142 Å². The van der Waals surface area contributed by atoms with Gasteiger partial charge in [0.15, 0.2) is 0 Å². The summed E-state index contributed by atoms with van der Waals surface area (Å²) in [4.78, 5) is 11.3. The van der Waals surface area contributed by atoms with Gasteiger partial charge in [0.25, 0.3) is 0 Å². The van der Waals surface area contributed by atoms with E-state index in [9.17, 15) is 5.11 Å². The van der Waals surface area contributed by atoms with Crippen LogP contribution in [0.25, 0.3) is 0 Å². The van der Waals surface area contributed by atoms with Crippen LogP contribution in [-0.4, -0.2) is 33.8 Å². The van der Waals surface area contributed by atoms with Gasteiger partial charge in [-0.15, -0.1) is 0 Å². The molecule has 4 rings (SSSR count). The first-order valence-corrected chi connectivity index (χ1v) is 8.57. The van der Waals surface area contributed by atoms with Crippen LogP contribution in [0, 0.1) is 17.8 Å². The van der Waals surface area contributed by atoms with Crippen molar-refractivity contribution in [1.82, 2.24) is 9.97 Å². The molecule has 4 heteroatoms. The topological polar surface area (TPSA) is 49.0 Å². The lowest BCUT2D eigenvalue weighted by Gasteiger charge is -2.27. The highest BCUT2D eigenvalue weighted by Crippen LogP contribution is 2.47. The van der Waals surface area contributed by atoms with Crippen LogP contribution in [0.3, 0.4) is 0 Å². The zero-order valence-corrected chi connectivity index (χ0v) is 13.7. The molecule has 0 bridgehead atoms. The Hall–Kier alpha value is -2.38. The molecule has 2 fully saturated rings. The van der Waals surface area contributed by atoms with Gasteiger partial charge in [-0.3, -0.25) is 0 Å². The number of rotatable bonds is 2. The van der Waals surface area contributed by atoms with Crippen LogP contribution in [-0.2, 0) is 0 Å². The summed E-state index contributed by atoms with van der Waals surface area (Å²) in [5, 5.41) is 9.28. The first-order valence-electron chi connectivity index (χ1n) is 8.57. The molecule has 0 atom stereocenters. The van der Waals surface area contributed by atoms with Crippen LogP contribution in [0.15, 0.2) is 42.7 Å². The summed E-state index contributed by atoms with van der Waals surface area (Å²) in [5.74, 6) is 7.53. The minimum Gasteiger partial charge on any atom is -0.396 e. The maximum atomic E-state index is 9.28. The number of hydrogen-bond donors (Lipinski definition) is 1. The van der Waals surface area contributed by atoms with E-state index in [1.54, 1.807) is 0 Å². The van der Waals surface area contributed by atoms with Gasteiger partial charge in [-0.05, 0) is 43.7 Å². The van der Waals surface area contributed by atoms with E-state index in [1.807, 2.05) is 42.7 Å². The molecule has 1 aliphatic carbocycles. The van der Waals surface area contributed by atoms with Crippen LogP contribution in [0.2, 0.25) is 0 Å². The summed E-state index contributed by atoms with van der Waals surface area (Å²) in [6.45, 7) is 1.36. The van der Waals surface area contributed by atoms with E-state index >= 15 is 0 Å². The molecular formula is C20H21N3O. The van der Waals surface area contributed by atoms with E-state index in [0.717, 1.165) is 49.3 Å². The number of anilines is 1. The summed E-state index contributed by atoms with van der Waals surface area (Å²) in [6, 6.07) is 9.93. The van der Waals surface area contributed by atoms with Gasteiger partial charge in [-0.1, -0.05) is 30.0 Å². The molecule has 2 heterocycles. The van der Waals surface area contributed by atoms with Crippen molar-refractivity contribution < 1.29 is 5.11 Å². The lowest BCUT2D eigenvalue weighted by Crippen LogP contribution is -2.27. The van der Waals surface area contributed by atoms with Crippen LogP contribution < -0.4 is 4.90 Å². The molecule has 1 spiro atoms. The Morgan fingerprint density at radius 2 is 1.71 bits per heavy atom. The molecule has 2 aliphatic rings. The molecule has 1 saturated heterocycles. The highest BCUT2D eigenvalue weighted by atomic mass is 16.3. The van der Waals surface area contributed by atoms with Crippen molar-refractivity contribution in [3.8, 4) is 11.8 Å². The second kappa shape index (κ2) is 6.26. The predicted molar refractivity (Wildman–Crippen MR) is 93.6 cm³/mol. The molecule has 0 amide bonds.